The van der Waals surface area contributed by atoms with Gasteiger partial charge in [0.05, 0.1) is 6.42 Å². The average molecular weight is 368 g/mol. The van der Waals surface area contributed by atoms with E-state index in [0.29, 0.717) is 32.6 Å². The third-order valence-electron chi connectivity index (χ3n) is 4.96. The second-order valence-electron chi connectivity index (χ2n) is 7.05. The van der Waals surface area contributed by atoms with Crippen LogP contribution in [0.5, 0.6) is 0 Å². The predicted octanol–water partition coefficient (Wildman–Crippen LogP) is 2.98. The fraction of sp³-hybridized carbons (Fsp3) is 0.364. The number of carbonyl (C=O) groups is 2. The fourth-order valence-electron chi connectivity index (χ4n) is 3.37. The van der Waals surface area contributed by atoms with Crippen LogP contribution in [0.25, 0.3) is 0 Å². The van der Waals surface area contributed by atoms with Gasteiger partial charge in [0.25, 0.3) is 0 Å². The number of carbonyl (C=O) groups excluding carboxylic acids is 2. The van der Waals surface area contributed by atoms with E-state index in [1.165, 1.54) is 23.3 Å². The lowest BCUT2D eigenvalue weighted by Gasteiger charge is -2.35. The Labute approximate surface area is 159 Å². The molecule has 3 rings (SSSR count). The Morgan fingerprint density at radius 3 is 2.15 bits per heavy atom. The third kappa shape index (κ3) is 5.39. The monoisotopic (exact) mass is 368 g/mol. The standard InChI is InChI=1S/C22H25FN2O2/c1-17-3-2-4-18(15-17)7-10-21(26)24-11-13-25(14-12-24)22(27)16-19-5-8-20(23)9-6-19/h2-6,8-9,15H,7,10-14,16H2,1H3. The molecule has 1 saturated heterocycles. The minimum atomic E-state index is -0.302. The largest absolute Gasteiger partial charge is 0.339 e. The van der Waals surface area contributed by atoms with E-state index in [4.69, 9.17) is 0 Å². The Hall–Kier alpha value is -2.69. The summed E-state index contributed by atoms with van der Waals surface area (Å²) in [7, 11) is 0. The molecule has 2 aromatic rings. The molecular formula is C22H25FN2O2. The zero-order valence-electron chi connectivity index (χ0n) is 15.7. The van der Waals surface area contributed by atoms with Crippen molar-refractivity contribution in [3.8, 4) is 0 Å². The van der Waals surface area contributed by atoms with Crippen LogP contribution in [0.1, 0.15) is 23.1 Å². The van der Waals surface area contributed by atoms with Crippen molar-refractivity contribution in [1.82, 2.24) is 9.80 Å². The zero-order valence-corrected chi connectivity index (χ0v) is 15.7. The van der Waals surface area contributed by atoms with Crippen molar-refractivity contribution in [1.29, 1.82) is 0 Å². The number of benzene rings is 2. The van der Waals surface area contributed by atoms with Crippen LogP contribution in [-0.4, -0.2) is 47.8 Å². The molecule has 0 aliphatic carbocycles. The van der Waals surface area contributed by atoms with Gasteiger partial charge in [-0.05, 0) is 36.6 Å². The Morgan fingerprint density at radius 1 is 0.889 bits per heavy atom. The lowest BCUT2D eigenvalue weighted by Crippen LogP contribution is -2.51. The van der Waals surface area contributed by atoms with Crippen LogP contribution < -0.4 is 0 Å². The number of hydrogen-bond acceptors (Lipinski definition) is 2. The topological polar surface area (TPSA) is 40.6 Å². The average Bonchev–Trinajstić information content (AvgIpc) is 2.68. The molecule has 0 saturated carbocycles. The number of piperazine rings is 1. The molecule has 0 unspecified atom stereocenters. The summed E-state index contributed by atoms with van der Waals surface area (Å²) in [5, 5.41) is 0. The molecule has 1 fully saturated rings. The summed E-state index contributed by atoms with van der Waals surface area (Å²) in [5.41, 5.74) is 3.18. The van der Waals surface area contributed by atoms with Crippen LogP contribution >= 0.6 is 0 Å². The number of nitrogens with zero attached hydrogens (tertiary/aromatic N) is 2. The molecule has 0 aromatic heterocycles. The van der Waals surface area contributed by atoms with Gasteiger partial charge in [-0.3, -0.25) is 9.59 Å². The zero-order chi connectivity index (χ0) is 19.2. The van der Waals surface area contributed by atoms with E-state index in [2.05, 4.69) is 6.07 Å². The van der Waals surface area contributed by atoms with E-state index < -0.39 is 0 Å². The molecule has 1 aliphatic heterocycles. The van der Waals surface area contributed by atoms with E-state index in [-0.39, 0.29) is 24.1 Å². The number of halogens is 1. The van der Waals surface area contributed by atoms with Gasteiger partial charge in [-0.25, -0.2) is 4.39 Å². The molecule has 0 atom stereocenters. The smallest absolute Gasteiger partial charge is 0.227 e. The minimum absolute atomic E-state index is 0.0217. The molecule has 27 heavy (non-hydrogen) atoms. The van der Waals surface area contributed by atoms with Crippen LogP contribution in [0.2, 0.25) is 0 Å². The van der Waals surface area contributed by atoms with Gasteiger partial charge in [-0.2, -0.15) is 0 Å². The molecule has 5 heteroatoms. The molecule has 0 radical (unpaired) electrons. The summed E-state index contributed by atoms with van der Waals surface area (Å²) in [6.45, 7) is 4.30. The van der Waals surface area contributed by atoms with E-state index in [1.807, 2.05) is 30.0 Å². The van der Waals surface area contributed by atoms with Gasteiger partial charge in [-0.1, -0.05) is 42.0 Å². The van der Waals surface area contributed by atoms with Crippen molar-refractivity contribution < 1.29 is 14.0 Å². The van der Waals surface area contributed by atoms with Gasteiger partial charge in [0, 0.05) is 32.6 Å². The van der Waals surface area contributed by atoms with Gasteiger partial charge < -0.3 is 9.80 Å². The quantitative estimate of drug-likeness (QED) is 0.814. The normalized spacial score (nSPS) is 14.3. The molecule has 2 amide bonds. The maximum atomic E-state index is 13.0. The summed E-state index contributed by atoms with van der Waals surface area (Å²) in [5.74, 6) is -0.139. The number of amides is 2. The van der Waals surface area contributed by atoms with Crippen molar-refractivity contribution in [3.05, 3.63) is 71.0 Å². The van der Waals surface area contributed by atoms with Crippen LogP contribution in [0, 0.1) is 12.7 Å². The molecule has 0 spiro atoms. The van der Waals surface area contributed by atoms with Crippen LogP contribution in [0.15, 0.2) is 48.5 Å². The summed E-state index contributed by atoms with van der Waals surface area (Å²) in [6, 6.07) is 14.2. The first-order chi connectivity index (χ1) is 13.0. The maximum absolute atomic E-state index is 13.0. The molecule has 0 bridgehead atoms. The van der Waals surface area contributed by atoms with Gasteiger partial charge in [-0.15, -0.1) is 0 Å². The van der Waals surface area contributed by atoms with Crippen molar-refractivity contribution >= 4 is 11.8 Å². The van der Waals surface area contributed by atoms with Gasteiger partial charge in [0.15, 0.2) is 0 Å². The first kappa shape index (κ1) is 19.1. The minimum Gasteiger partial charge on any atom is -0.339 e. The van der Waals surface area contributed by atoms with Gasteiger partial charge >= 0.3 is 0 Å². The Morgan fingerprint density at radius 2 is 1.52 bits per heavy atom. The summed E-state index contributed by atoms with van der Waals surface area (Å²) in [4.78, 5) is 28.5. The molecule has 0 N–H and O–H groups in total. The molecule has 2 aromatic carbocycles. The second-order valence-corrected chi connectivity index (χ2v) is 7.05. The molecule has 4 nitrogen and oxygen atoms in total. The highest BCUT2D eigenvalue weighted by Crippen LogP contribution is 2.11. The van der Waals surface area contributed by atoms with Crippen LogP contribution in [0.4, 0.5) is 4.39 Å². The first-order valence-electron chi connectivity index (χ1n) is 9.37. The number of hydrogen-bond donors (Lipinski definition) is 0. The summed E-state index contributed by atoms with van der Waals surface area (Å²) >= 11 is 0. The maximum Gasteiger partial charge on any atom is 0.227 e. The third-order valence-corrected chi connectivity index (χ3v) is 4.96. The predicted molar refractivity (Wildman–Crippen MR) is 103 cm³/mol. The number of rotatable bonds is 5. The van der Waals surface area contributed by atoms with Crippen LogP contribution in [-0.2, 0) is 22.4 Å². The van der Waals surface area contributed by atoms with Gasteiger partial charge in [0.2, 0.25) is 11.8 Å². The van der Waals surface area contributed by atoms with E-state index in [9.17, 15) is 14.0 Å². The van der Waals surface area contributed by atoms with Crippen molar-refractivity contribution in [2.24, 2.45) is 0 Å². The van der Waals surface area contributed by atoms with Crippen molar-refractivity contribution in [2.45, 2.75) is 26.2 Å². The van der Waals surface area contributed by atoms with Gasteiger partial charge in [0.1, 0.15) is 5.82 Å². The fourth-order valence-corrected chi connectivity index (χ4v) is 3.37. The second kappa shape index (κ2) is 8.80. The molecular weight excluding hydrogens is 343 g/mol. The molecule has 142 valence electrons. The Balaban J connectivity index is 1.44. The molecule has 1 aliphatic rings. The number of aryl methyl sites for hydroxylation is 2. The highest BCUT2D eigenvalue weighted by molar-refractivity contribution is 5.80. The Kier molecular flexibility index (Phi) is 6.22. The molecule has 1 heterocycles. The highest BCUT2D eigenvalue weighted by atomic mass is 19.1. The SMILES string of the molecule is Cc1cccc(CCC(=O)N2CCN(C(=O)Cc3ccc(F)cc3)CC2)c1. The summed E-state index contributed by atoms with van der Waals surface area (Å²) in [6.07, 6.45) is 1.50. The van der Waals surface area contributed by atoms with E-state index in [1.54, 1.807) is 17.0 Å². The first-order valence-corrected chi connectivity index (χ1v) is 9.37. The lowest BCUT2D eigenvalue weighted by atomic mass is 10.1. The highest BCUT2D eigenvalue weighted by Gasteiger charge is 2.23. The lowest BCUT2D eigenvalue weighted by molar-refractivity contribution is -0.139. The van der Waals surface area contributed by atoms with Crippen LogP contribution in [0.3, 0.4) is 0 Å². The Bertz CT molecular complexity index is 796. The van der Waals surface area contributed by atoms with E-state index in [0.717, 1.165) is 12.0 Å². The van der Waals surface area contributed by atoms with Crippen molar-refractivity contribution in [3.63, 3.8) is 0 Å². The summed E-state index contributed by atoms with van der Waals surface area (Å²) < 4.78 is 13.0. The van der Waals surface area contributed by atoms with E-state index >= 15 is 0 Å². The van der Waals surface area contributed by atoms with Crippen molar-refractivity contribution in [2.75, 3.05) is 26.2 Å².